The number of hydrogen-bond donors (Lipinski definition) is 1. The molecule has 4 heterocycles. The van der Waals surface area contributed by atoms with Crippen LogP contribution < -0.4 is 5.32 Å². The van der Waals surface area contributed by atoms with E-state index in [4.69, 9.17) is 0 Å². The first kappa shape index (κ1) is 19.5. The van der Waals surface area contributed by atoms with Crippen molar-refractivity contribution in [1.29, 1.82) is 0 Å². The van der Waals surface area contributed by atoms with Gasteiger partial charge in [-0.2, -0.15) is 5.10 Å². The van der Waals surface area contributed by atoms with E-state index in [0.717, 1.165) is 43.0 Å². The normalized spacial score (nSPS) is 22.7. The summed E-state index contributed by atoms with van der Waals surface area (Å²) in [5.74, 6) is 0.589. The summed E-state index contributed by atoms with van der Waals surface area (Å²) >= 11 is 0. The number of halogens is 1. The molecule has 30 heavy (non-hydrogen) atoms. The Morgan fingerprint density at radius 2 is 1.90 bits per heavy atom. The van der Waals surface area contributed by atoms with E-state index in [2.05, 4.69) is 15.3 Å². The highest BCUT2D eigenvalue weighted by molar-refractivity contribution is 6.00. The summed E-state index contributed by atoms with van der Waals surface area (Å²) in [4.78, 5) is 18.0. The molecule has 1 amide bonds. The zero-order valence-electron chi connectivity index (χ0n) is 17.6. The Hall–Kier alpha value is -2.41. The van der Waals surface area contributed by atoms with Crippen molar-refractivity contribution in [2.75, 3.05) is 31.5 Å². The summed E-state index contributed by atoms with van der Waals surface area (Å²) in [7, 11) is 0. The van der Waals surface area contributed by atoms with Gasteiger partial charge in [0.2, 0.25) is 0 Å². The molecule has 2 saturated heterocycles. The van der Waals surface area contributed by atoms with Crippen LogP contribution in [-0.2, 0) is 6.54 Å². The molecule has 7 heteroatoms. The number of carbonyl (C=O) groups excluding carboxylic acids is 1. The SMILES string of the molecule is Cc1nn2c(c1C(=O)N1CCC(N3CCCCC3)CC1)N[C@H](c1cccc(F)c1)C2. The second kappa shape index (κ2) is 8.02. The molecule has 0 saturated carbocycles. The van der Waals surface area contributed by atoms with Crippen LogP contribution in [-0.4, -0.2) is 57.7 Å². The van der Waals surface area contributed by atoms with Gasteiger partial charge in [0.1, 0.15) is 17.2 Å². The summed E-state index contributed by atoms with van der Waals surface area (Å²) in [5.41, 5.74) is 2.31. The van der Waals surface area contributed by atoms with Gasteiger partial charge in [-0.3, -0.25) is 4.79 Å². The molecule has 1 atom stereocenters. The maximum Gasteiger partial charge on any atom is 0.259 e. The molecule has 5 rings (SSSR count). The fraction of sp³-hybridized carbons (Fsp3) is 0.565. The Morgan fingerprint density at radius 3 is 2.63 bits per heavy atom. The van der Waals surface area contributed by atoms with E-state index >= 15 is 0 Å². The highest BCUT2D eigenvalue weighted by atomic mass is 19.1. The number of anilines is 1. The van der Waals surface area contributed by atoms with Gasteiger partial charge in [0, 0.05) is 19.1 Å². The molecule has 0 unspecified atom stereocenters. The molecular weight excluding hydrogens is 381 g/mol. The van der Waals surface area contributed by atoms with Crippen molar-refractivity contribution in [2.24, 2.45) is 0 Å². The number of hydrogen-bond acceptors (Lipinski definition) is 4. The van der Waals surface area contributed by atoms with E-state index < -0.39 is 0 Å². The predicted octanol–water partition coefficient (Wildman–Crippen LogP) is 3.59. The Balaban J connectivity index is 1.28. The highest BCUT2D eigenvalue weighted by Crippen LogP contribution is 2.34. The van der Waals surface area contributed by atoms with E-state index in [-0.39, 0.29) is 17.8 Å². The van der Waals surface area contributed by atoms with Crippen LogP contribution in [0.5, 0.6) is 0 Å². The number of likely N-dealkylation sites (tertiary alicyclic amines) is 2. The first-order chi connectivity index (χ1) is 14.6. The maximum absolute atomic E-state index is 13.6. The monoisotopic (exact) mass is 411 g/mol. The van der Waals surface area contributed by atoms with Gasteiger partial charge in [-0.1, -0.05) is 18.6 Å². The number of fused-ring (bicyclic) bond motifs is 1. The van der Waals surface area contributed by atoms with Gasteiger partial charge in [0.15, 0.2) is 0 Å². The van der Waals surface area contributed by atoms with Crippen LogP contribution in [0.4, 0.5) is 10.2 Å². The van der Waals surface area contributed by atoms with E-state index in [9.17, 15) is 9.18 Å². The van der Waals surface area contributed by atoms with Crippen molar-refractivity contribution in [3.63, 3.8) is 0 Å². The second-order valence-electron chi connectivity index (χ2n) is 8.86. The third-order valence-electron chi connectivity index (χ3n) is 6.92. The zero-order chi connectivity index (χ0) is 20.7. The van der Waals surface area contributed by atoms with Crippen molar-refractivity contribution in [2.45, 2.75) is 57.7 Å². The largest absolute Gasteiger partial charge is 0.361 e. The van der Waals surface area contributed by atoms with Gasteiger partial charge < -0.3 is 15.1 Å². The minimum atomic E-state index is -0.247. The summed E-state index contributed by atoms with van der Waals surface area (Å²) in [5, 5.41) is 8.02. The lowest BCUT2D eigenvalue weighted by Crippen LogP contribution is -2.48. The molecule has 3 aliphatic rings. The number of amides is 1. The number of nitrogens with zero attached hydrogens (tertiary/aromatic N) is 4. The molecule has 6 nitrogen and oxygen atoms in total. The summed E-state index contributed by atoms with van der Waals surface area (Å²) < 4.78 is 15.5. The molecule has 160 valence electrons. The van der Waals surface area contributed by atoms with Gasteiger partial charge in [-0.15, -0.1) is 0 Å². The van der Waals surface area contributed by atoms with E-state index in [0.29, 0.717) is 18.2 Å². The summed E-state index contributed by atoms with van der Waals surface area (Å²) in [6.07, 6.45) is 6.06. The first-order valence-electron chi connectivity index (χ1n) is 11.2. The minimum absolute atomic E-state index is 0.0678. The number of carbonyl (C=O) groups is 1. The summed E-state index contributed by atoms with van der Waals surface area (Å²) in [6, 6.07) is 7.17. The lowest BCUT2D eigenvalue weighted by atomic mass is 9.99. The number of nitrogens with one attached hydrogen (secondary N) is 1. The molecule has 0 spiro atoms. The molecule has 1 aromatic heterocycles. The minimum Gasteiger partial charge on any atom is -0.361 e. The molecule has 2 aromatic rings. The lowest BCUT2D eigenvalue weighted by molar-refractivity contribution is 0.0590. The third-order valence-corrected chi connectivity index (χ3v) is 6.92. The number of aromatic nitrogens is 2. The Morgan fingerprint density at radius 1 is 1.13 bits per heavy atom. The average Bonchev–Trinajstić information content (AvgIpc) is 3.31. The second-order valence-corrected chi connectivity index (χ2v) is 8.86. The standard InChI is InChI=1S/C23H30FN5O/c1-16-21(22-25-20(15-29(22)26-16)17-6-5-7-18(24)14-17)23(30)28-12-8-19(9-13-28)27-10-3-2-4-11-27/h5-7,14,19-20,25H,2-4,8-13,15H2,1H3/t20-/m0/s1. The topological polar surface area (TPSA) is 53.4 Å². The molecular formula is C23H30FN5O. The first-order valence-corrected chi connectivity index (χ1v) is 11.2. The molecule has 3 aliphatic heterocycles. The summed E-state index contributed by atoms with van der Waals surface area (Å²) in [6.45, 7) is 6.52. The van der Waals surface area contributed by atoms with Crippen molar-refractivity contribution >= 4 is 11.7 Å². The van der Waals surface area contributed by atoms with Crippen LogP contribution in [0.2, 0.25) is 0 Å². The van der Waals surface area contributed by atoms with Crippen LogP contribution in [0.25, 0.3) is 0 Å². The quantitative estimate of drug-likeness (QED) is 0.839. The fourth-order valence-corrected chi connectivity index (χ4v) is 5.29. The maximum atomic E-state index is 13.6. The van der Waals surface area contributed by atoms with Gasteiger partial charge in [-0.05, 0) is 63.4 Å². The Labute approximate surface area is 177 Å². The van der Waals surface area contributed by atoms with Crippen molar-refractivity contribution in [3.05, 3.63) is 46.9 Å². The lowest BCUT2D eigenvalue weighted by Gasteiger charge is -2.40. The number of benzene rings is 1. The van der Waals surface area contributed by atoms with Crippen LogP contribution in [0, 0.1) is 12.7 Å². The van der Waals surface area contributed by atoms with E-state index in [1.165, 1.54) is 38.4 Å². The Bertz CT molecular complexity index is 928. The van der Waals surface area contributed by atoms with Crippen LogP contribution >= 0.6 is 0 Å². The van der Waals surface area contributed by atoms with Gasteiger partial charge in [0.25, 0.3) is 5.91 Å². The average molecular weight is 412 g/mol. The van der Waals surface area contributed by atoms with Crippen molar-refractivity contribution in [3.8, 4) is 0 Å². The van der Waals surface area contributed by atoms with Gasteiger partial charge in [0.05, 0.1) is 18.3 Å². The van der Waals surface area contributed by atoms with Crippen LogP contribution in [0.1, 0.15) is 59.8 Å². The Kier molecular flexibility index (Phi) is 5.23. The van der Waals surface area contributed by atoms with Crippen LogP contribution in [0.3, 0.4) is 0 Å². The molecule has 0 radical (unpaired) electrons. The molecule has 1 N–H and O–H groups in total. The smallest absolute Gasteiger partial charge is 0.259 e. The van der Waals surface area contributed by atoms with Gasteiger partial charge in [-0.25, -0.2) is 9.07 Å². The predicted molar refractivity (Wildman–Crippen MR) is 114 cm³/mol. The number of rotatable bonds is 3. The molecule has 0 bridgehead atoms. The van der Waals surface area contributed by atoms with E-state index in [1.54, 1.807) is 12.1 Å². The molecule has 1 aromatic carbocycles. The van der Waals surface area contributed by atoms with Gasteiger partial charge >= 0.3 is 0 Å². The molecule has 2 fully saturated rings. The number of piperidine rings is 2. The van der Waals surface area contributed by atoms with E-state index in [1.807, 2.05) is 22.6 Å². The fourth-order valence-electron chi connectivity index (χ4n) is 5.29. The highest BCUT2D eigenvalue weighted by Gasteiger charge is 2.34. The molecule has 0 aliphatic carbocycles. The van der Waals surface area contributed by atoms with Crippen molar-refractivity contribution < 1.29 is 9.18 Å². The zero-order valence-corrected chi connectivity index (χ0v) is 17.6. The van der Waals surface area contributed by atoms with Crippen LogP contribution in [0.15, 0.2) is 24.3 Å². The number of aryl methyl sites for hydroxylation is 1. The van der Waals surface area contributed by atoms with Crippen molar-refractivity contribution in [1.82, 2.24) is 19.6 Å². The third kappa shape index (κ3) is 3.60.